The Morgan fingerprint density at radius 2 is 2.19 bits per heavy atom. The molecule has 0 aromatic carbocycles. The summed E-state index contributed by atoms with van der Waals surface area (Å²) in [5.74, 6) is -1.23. The first-order valence-corrected chi connectivity index (χ1v) is 5.98. The Hall–Kier alpha value is -3.03. The van der Waals surface area contributed by atoms with Crippen molar-refractivity contribution in [1.82, 2.24) is 9.97 Å². The number of nitrogens with zero attached hydrogens (tertiary/aromatic N) is 4. The van der Waals surface area contributed by atoms with Crippen LogP contribution in [0.15, 0.2) is 36.7 Å². The smallest absolute Gasteiger partial charge is 0.354 e. The SMILES string of the molecule is CN(Cc1cccnc1)c1nc(C(=O)O)ccc1[N+](=O)[O-]. The molecule has 0 saturated carbocycles. The fourth-order valence-electron chi connectivity index (χ4n) is 1.82. The molecule has 1 N–H and O–H groups in total. The van der Waals surface area contributed by atoms with Gasteiger partial charge in [-0.2, -0.15) is 0 Å². The first-order chi connectivity index (χ1) is 9.99. The topological polar surface area (TPSA) is 109 Å². The van der Waals surface area contributed by atoms with Gasteiger partial charge in [-0.05, 0) is 17.7 Å². The van der Waals surface area contributed by atoms with E-state index in [4.69, 9.17) is 5.11 Å². The fourth-order valence-corrected chi connectivity index (χ4v) is 1.82. The molecule has 0 fully saturated rings. The lowest BCUT2D eigenvalue weighted by Gasteiger charge is -2.18. The second-order valence-electron chi connectivity index (χ2n) is 4.32. The van der Waals surface area contributed by atoms with Crippen molar-refractivity contribution in [1.29, 1.82) is 0 Å². The van der Waals surface area contributed by atoms with Crippen LogP contribution in [0.1, 0.15) is 16.1 Å². The van der Waals surface area contributed by atoms with Crippen LogP contribution in [0.2, 0.25) is 0 Å². The molecule has 0 aliphatic rings. The number of carboxylic acids is 1. The number of nitro groups is 1. The molecular formula is C13H12N4O4. The number of anilines is 1. The van der Waals surface area contributed by atoms with Gasteiger partial charge in [0.25, 0.3) is 0 Å². The minimum atomic E-state index is -1.24. The molecular weight excluding hydrogens is 276 g/mol. The van der Waals surface area contributed by atoms with Crippen LogP contribution in [0.5, 0.6) is 0 Å². The summed E-state index contributed by atoms with van der Waals surface area (Å²) in [6, 6.07) is 5.82. The summed E-state index contributed by atoms with van der Waals surface area (Å²) in [4.78, 5) is 30.7. The molecule has 108 valence electrons. The van der Waals surface area contributed by atoms with Crippen LogP contribution < -0.4 is 4.90 Å². The number of pyridine rings is 2. The lowest BCUT2D eigenvalue weighted by atomic mass is 10.2. The van der Waals surface area contributed by atoms with E-state index in [0.717, 1.165) is 17.7 Å². The van der Waals surface area contributed by atoms with Crippen molar-refractivity contribution in [3.63, 3.8) is 0 Å². The van der Waals surface area contributed by atoms with Gasteiger partial charge in [-0.25, -0.2) is 9.78 Å². The quantitative estimate of drug-likeness (QED) is 0.658. The number of hydrogen-bond donors (Lipinski definition) is 1. The number of carbonyl (C=O) groups is 1. The first-order valence-electron chi connectivity index (χ1n) is 5.98. The number of aromatic carboxylic acids is 1. The summed E-state index contributed by atoms with van der Waals surface area (Å²) in [6.07, 6.45) is 3.25. The maximum absolute atomic E-state index is 11.0. The largest absolute Gasteiger partial charge is 0.477 e. The zero-order valence-corrected chi connectivity index (χ0v) is 11.1. The van der Waals surface area contributed by atoms with Gasteiger partial charge in [-0.1, -0.05) is 6.07 Å². The minimum Gasteiger partial charge on any atom is -0.477 e. The Morgan fingerprint density at radius 3 is 2.76 bits per heavy atom. The standard InChI is InChI=1S/C13H12N4O4/c1-16(8-9-3-2-6-14-7-9)12-11(17(20)21)5-4-10(15-12)13(18)19/h2-7H,8H2,1H3,(H,18,19). The summed E-state index contributed by atoms with van der Waals surface area (Å²) in [5.41, 5.74) is 0.344. The highest BCUT2D eigenvalue weighted by molar-refractivity contribution is 5.86. The first kappa shape index (κ1) is 14.4. The summed E-state index contributed by atoms with van der Waals surface area (Å²) in [5, 5.41) is 20.0. The normalized spacial score (nSPS) is 10.1. The molecule has 0 radical (unpaired) electrons. The maximum atomic E-state index is 11.0. The van der Waals surface area contributed by atoms with Gasteiger partial charge >= 0.3 is 11.7 Å². The van der Waals surface area contributed by atoms with Crippen molar-refractivity contribution in [2.75, 3.05) is 11.9 Å². The van der Waals surface area contributed by atoms with Gasteiger partial charge in [0.15, 0.2) is 5.69 Å². The van der Waals surface area contributed by atoms with Crippen LogP contribution >= 0.6 is 0 Å². The van der Waals surface area contributed by atoms with Gasteiger partial charge in [-0.15, -0.1) is 0 Å². The third kappa shape index (κ3) is 3.30. The van der Waals surface area contributed by atoms with Gasteiger partial charge in [0.1, 0.15) is 0 Å². The van der Waals surface area contributed by atoms with E-state index in [1.165, 1.54) is 4.90 Å². The summed E-state index contributed by atoms with van der Waals surface area (Å²) in [6.45, 7) is 0.324. The molecule has 0 bridgehead atoms. The van der Waals surface area contributed by atoms with Gasteiger partial charge in [0, 0.05) is 32.1 Å². The van der Waals surface area contributed by atoms with Gasteiger partial charge < -0.3 is 10.0 Å². The van der Waals surface area contributed by atoms with E-state index in [9.17, 15) is 14.9 Å². The highest BCUT2D eigenvalue weighted by atomic mass is 16.6. The van der Waals surface area contributed by atoms with Crippen molar-refractivity contribution in [3.05, 3.63) is 58.0 Å². The van der Waals surface area contributed by atoms with Crippen LogP contribution in [0.3, 0.4) is 0 Å². The fraction of sp³-hybridized carbons (Fsp3) is 0.154. The number of rotatable bonds is 5. The third-order valence-electron chi connectivity index (χ3n) is 2.77. The highest BCUT2D eigenvalue weighted by Crippen LogP contribution is 2.26. The van der Waals surface area contributed by atoms with Crippen LogP contribution in [-0.2, 0) is 6.54 Å². The van der Waals surface area contributed by atoms with Crippen LogP contribution in [0.25, 0.3) is 0 Å². The molecule has 0 amide bonds. The Bertz CT molecular complexity index is 675. The lowest BCUT2D eigenvalue weighted by molar-refractivity contribution is -0.384. The van der Waals surface area contributed by atoms with Crippen molar-refractivity contribution in [2.45, 2.75) is 6.54 Å². The Kier molecular flexibility index (Phi) is 4.07. The molecule has 21 heavy (non-hydrogen) atoms. The van der Waals surface area contributed by atoms with Crippen molar-refractivity contribution < 1.29 is 14.8 Å². The molecule has 0 aliphatic heterocycles. The number of aromatic nitrogens is 2. The predicted molar refractivity (Wildman–Crippen MR) is 74.2 cm³/mol. The van der Waals surface area contributed by atoms with Crippen molar-refractivity contribution in [2.24, 2.45) is 0 Å². The summed E-state index contributed by atoms with van der Waals surface area (Å²) in [7, 11) is 1.61. The molecule has 2 aromatic rings. The zero-order chi connectivity index (χ0) is 15.4. The minimum absolute atomic E-state index is 0.00348. The number of hydrogen-bond acceptors (Lipinski definition) is 6. The predicted octanol–water partition coefficient (Wildman–Crippen LogP) is 1.72. The molecule has 8 nitrogen and oxygen atoms in total. The molecule has 0 atom stereocenters. The van der Waals surface area contributed by atoms with Gasteiger partial charge in [0.05, 0.1) is 4.92 Å². The molecule has 0 unspecified atom stereocenters. The molecule has 8 heteroatoms. The lowest BCUT2D eigenvalue weighted by Crippen LogP contribution is -2.20. The number of carboxylic acid groups (broad SMARTS) is 1. The van der Waals surface area contributed by atoms with Gasteiger partial charge in [0.2, 0.25) is 5.82 Å². The van der Waals surface area contributed by atoms with Crippen LogP contribution in [0, 0.1) is 10.1 Å². The summed E-state index contributed by atoms with van der Waals surface area (Å²) < 4.78 is 0. The Balaban J connectivity index is 2.37. The van der Waals surface area contributed by atoms with Crippen LogP contribution in [-0.4, -0.2) is 33.0 Å². The second kappa shape index (κ2) is 5.95. The summed E-state index contributed by atoms with van der Waals surface area (Å²) >= 11 is 0. The van der Waals surface area contributed by atoms with E-state index in [2.05, 4.69) is 9.97 Å². The van der Waals surface area contributed by atoms with E-state index in [0.29, 0.717) is 6.54 Å². The van der Waals surface area contributed by atoms with Crippen molar-refractivity contribution >= 4 is 17.5 Å². The van der Waals surface area contributed by atoms with E-state index in [-0.39, 0.29) is 17.2 Å². The van der Waals surface area contributed by atoms with E-state index < -0.39 is 10.9 Å². The highest BCUT2D eigenvalue weighted by Gasteiger charge is 2.21. The average molecular weight is 288 g/mol. The zero-order valence-electron chi connectivity index (χ0n) is 11.1. The monoisotopic (exact) mass is 288 g/mol. The van der Waals surface area contributed by atoms with Gasteiger partial charge in [-0.3, -0.25) is 15.1 Å². The Morgan fingerprint density at radius 1 is 1.43 bits per heavy atom. The van der Waals surface area contributed by atoms with E-state index >= 15 is 0 Å². The molecule has 2 heterocycles. The van der Waals surface area contributed by atoms with E-state index in [1.807, 2.05) is 6.07 Å². The van der Waals surface area contributed by atoms with Crippen LogP contribution in [0.4, 0.5) is 11.5 Å². The maximum Gasteiger partial charge on any atom is 0.354 e. The molecule has 0 saturated heterocycles. The molecule has 0 aliphatic carbocycles. The van der Waals surface area contributed by atoms with E-state index in [1.54, 1.807) is 25.5 Å². The molecule has 2 rings (SSSR count). The molecule has 0 spiro atoms. The Labute approximate surface area is 119 Å². The molecule has 2 aromatic heterocycles. The van der Waals surface area contributed by atoms with Crippen molar-refractivity contribution in [3.8, 4) is 0 Å². The third-order valence-corrected chi connectivity index (χ3v) is 2.77. The average Bonchev–Trinajstić information content (AvgIpc) is 2.47. The second-order valence-corrected chi connectivity index (χ2v) is 4.32.